The minimum absolute atomic E-state index is 0.0976. The van der Waals surface area contributed by atoms with E-state index in [1.165, 1.54) is 12.5 Å². The summed E-state index contributed by atoms with van der Waals surface area (Å²) in [5.41, 5.74) is -0.114. The number of alkyl halides is 3. The summed E-state index contributed by atoms with van der Waals surface area (Å²) < 4.78 is 51.7. The number of hydrogen-bond acceptors (Lipinski definition) is 4. The van der Waals surface area contributed by atoms with Crippen molar-refractivity contribution in [2.75, 3.05) is 5.32 Å². The van der Waals surface area contributed by atoms with Gasteiger partial charge in [-0.15, -0.1) is 0 Å². The van der Waals surface area contributed by atoms with Gasteiger partial charge in [0, 0.05) is 6.54 Å². The zero-order chi connectivity index (χ0) is 15.7. The lowest BCUT2D eigenvalue weighted by Gasteiger charge is -2.13. The van der Waals surface area contributed by atoms with Crippen LogP contribution in [0.15, 0.2) is 30.7 Å². The summed E-state index contributed by atoms with van der Waals surface area (Å²) in [7, 11) is 0. The third-order valence-electron chi connectivity index (χ3n) is 2.99. The minimum atomic E-state index is -4.63. The summed E-state index contributed by atoms with van der Waals surface area (Å²) in [6, 6.07) is 2.52. The molecule has 0 fully saturated rings. The van der Waals surface area contributed by atoms with Crippen LogP contribution in [0.4, 0.5) is 23.5 Å². The minimum Gasteiger partial charge on any atom is -0.350 e. The first-order valence-corrected chi connectivity index (χ1v) is 6.19. The van der Waals surface area contributed by atoms with Crippen molar-refractivity contribution in [3.63, 3.8) is 0 Å². The third-order valence-corrected chi connectivity index (χ3v) is 2.99. The average molecular weight is 311 g/mol. The van der Waals surface area contributed by atoms with Gasteiger partial charge < -0.3 is 10.3 Å². The predicted octanol–water partition coefficient (Wildman–Crippen LogP) is 3.12. The summed E-state index contributed by atoms with van der Waals surface area (Å²) in [6.45, 7) is -0.189. The maximum absolute atomic E-state index is 13.0. The SMILES string of the molecule is Fc1ccc(CNc2ncc3[nH]cnc3n2)c(C(F)(F)F)c1. The summed E-state index contributed by atoms with van der Waals surface area (Å²) in [5, 5.41) is 2.68. The fourth-order valence-electron chi connectivity index (χ4n) is 1.96. The second kappa shape index (κ2) is 5.24. The van der Waals surface area contributed by atoms with Crippen LogP contribution in [0.25, 0.3) is 11.2 Å². The van der Waals surface area contributed by atoms with Crippen LogP contribution in [-0.4, -0.2) is 19.9 Å². The van der Waals surface area contributed by atoms with Crippen molar-refractivity contribution in [2.45, 2.75) is 12.7 Å². The molecule has 0 spiro atoms. The summed E-state index contributed by atoms with van der Waals surface area (Å²) >= 11 is 0. The van der Waals surface area contributed by atoms with Gasteiger partial charge >= 0.3 is 6.18 Å². The Kier molecular flexibility index (Phi) is 3.39. The normalized spacial score (nSPS) is 11.8. The highest BCUT2D eigenvalue weighted by Gasteiger charge is 2.33. The molecule has 0 aliphatic heterocycles. The molecule has 0 atom stereocenters. The van der Waals surface area contributed by atoms with Crippen molar-refractivity contribution >= 4 is 17.1 Å². The predicted molar refractivity (Wildman–Crippen MR) is 70.4 cm³/mol. The number of halogens is 4. The van der Waals surface area contributed by atoms with E-state index in [1.807, 2.05) is 0 Å². The number of fused-ring (bicyclic) bond motifs is 1. The molecule has 0 radical (unpaired) electrons. The molecule has 0 aliphatic carbocycles. The highest BCUT2D eigenvalue weighted by Crippen LogP contribution is 2.32. The number of nitrogens with zero attached hydrogens (tertiary/aromatic N) is 3. The Balaban J connectivity index is 1.84. The Morgan fingerprint density at radius 3 is 2.77 bits per heavy atom. The standard InChI is InChI=1S/C13H9F4N5/c14-8-2-1-7(9(3-8)13(15,16)17)4-18-12-19-5-10-11(22-12)21-6-20-10/h1-3,5-6H,4H2,(H2,18,19,20,21,22). The molecule has 0 bridgehead atoms. The van der Waals surface area contributed by atoms with Crippen LogP contribution in [0.5, 0.6) is 0 Å². The number of aromatic nitrogens is 4. The zero-order valence-corrected chi connectivity index (χ0v) is 10.9. The van der Waals surface area contributed by atoms with E-state index in [1.54, 1.807) is 0 Å². The number of H-pyrrole nitrogens is 1. The van der Waals surface area contributed by atoms with Crippen molar-refractivity contribution < 1.29 is 17.6 Å². The molecule has 0 unspecified atom stereocenters. The van der Waals surface area contributed by atoms with Gasteiger partial charge in [0.05, 0.1) is 18.1 Å². The number of nitrogens with one attached hydrogen (secondary N) is 2. The second-order valence-electron chi connectivity index (χ2n) is 4.49. The molecule has 0 amide bonds. The topological polar surface area (TPSA) is 66.5 Å². The molecule has 5 nitrogen and oxygen atoms in total. The van der Waals surface area contributed by atoms with Gasteiger partial charge in [-0.25, -0.2) is 14.4 Å². The molecule has 0 aliphatic rings. The van der Waals surface area contributed by atoms with Gasteiger partial charge in [-0.1, -0.05) is 6.07 Å². The van der Waals surface area contributed by atoms with Crippen molar-refractivity contribution in [3.05, 3.63) is 47.7 Å². The van der Waals surface area contributed by atoms with Gasteiger partial charge in [-0.05, 0) is 17.7 Å². The van der Waals surface area contributed by atoms with E-state index < -0.39 is 17.6 Å². The third kappa shape index (κ3) is 2.83. The van der Waals surface area contributed by atoms with Crippen LogP contribution < -0.4 is 5.32 Å². The lowest BCUT2D eigenvalue weighted by Crippen LogP contribution is -2.13. The van der Waals surface area contributed by atoms with Crippen molar-refractivity contribution in [1.82, 2.24) is 19.9 Å². The van der Waals surface area contributed by atoms with Gasteiger partial charge in [0.2, 0.25) is 5.95 Å². The van der Waals surface area contributed by atoms with Gasteiger partial charge in [0.1, 0.15) is 11.3 Å². The zero-order valence-electron chi connectivity index (χ0n) is 10.9. The molecule has 0 saturated heterocycles. The number of benzene rings is 1. The molecule has 2 N–H and O–H groups in total. The maximum atomic E-state index is 13.0. The van der Waals surface area contributed by atoms with Gasteiger partial charge in [-0.3, -0.25) is 0 Å². The first-order chi connectivity index (χ1) is 10.4. The maximum Gasteiger partial charge on any atom is 0.416 e. The Labute approximate surface area is 121 Å². The van der Waals surface area contributed by atoms with Gasteiger partial charge in [-0.2, -0.15) is 18.2 Å². The molecule has 9 heteroatoms. The van der Waals surface area contributed by atoms with Gasteiger partial charge in [0.25, 0.3) is 0 Å². The van der Waals surface area contributed by atoms with Crippen LogP contribution in [0, 0.1) is 5.82 Å². The Morgan fingerprint density at radius 1 is 1.18 bits per heavy atom. The fourth-order valence-corrected chi connectivity index (χ4v) is 1.96. The van der Waals surface area contributed by atoms with Crippen LogP contribution >= 0.6 is 0 Å². The smallest absolute Gasteiger partial charge is 0.350 e. The quantitative estimate of drug-likeness (QED) is 0.729. The molecule has 22 heavy (non-hydrogen) atoms. The van der Waals surface area contributed by atoms with Crippen molar-refractivity contribution in [1.29, 1.82) is 0 Å². The molecule has 2 heterocycles. The first kappa shape index (κ1) is 14.2. The van der Waals surface area contributed by atoms with Crippen molar-refractivity contribution in [3.8, 4) is 0 Å². The van der Waals surface area contributed by atoms with E-state index in [9.17, 15) is 17.6 Å². The van der Waals surface area contributed by atoms with Crippen molar-refractivity contribution in [2.24, 2.45) is 0 Å². The number of anilines is 1. The van der Waals surface area contributed by atoms with Crippen LogP contribution in [0.3, 0.4) is 0 Å². The Bertz CT molecular complexity index is 812. The number of imidazole rings is 1. The monoisotopic (exact) mass is 311 g/mol. The fraction of sp³-hybridized carbons (Fsp3) is 0.154. The molecule has 0 saturated carbocycles. The summed E-state index contributed by atoms with van der Waals surface area (Å²) in [4.78, 5) is 14.7. The van der Waals surface area contributed by atoms with E-state index in [0.717, 1.165) is 12.1 Å². The molecule has 114 valence electrons. The Hall–Kier alpha value is -2.71. The number of aromatic amines is 1. The van der Waals surface area contributed by atoms with Crippen LogP contribution in [0.2, 0.25) is 0 Å². The molecule has 2 aromatic heterocycles. The highest BCUT2D eigenvalue weighted by atomic mass is 19.4. The van der Waals surface area contributed by atoms with Crippen LogP contribution in [-0.2, 0) is 12.7 Å². The Morgan fingerprint density at radius 2 is 2.00 bits per heavy atom. The number of rotatable bonds is 3. The van der Waals surface area contributed by atoms with E-state index in [0.29, 0.717) is 17.2 Å². The lowest BCUT2D eigenvalue weighted by atomic mass is 10.1. The highest BCUT2D eigenvalue weighted by molar-refractivity contribution is 5.69. The average Bonchev–Trinajstić information content (AvgIpc) is 2.92. The molecule has 3 rings (SSSR count). The van der Waals surface area contributed by atoms with Crippen LogP contribution in [0.1, 0.15) is 11.1 Å². The molecular formula is C13H9F4N5. The van der Waals surface area contributed by atoms with E-state index in [2.05, 4.69) is 25.3 Å². The van der Waals surface area contributed by atoms with E-state index in [4.69, 9.17) is 0 Å². The largest absolute Gasteiger partial charge is 0.416 e. The van der Waals surface area contributed by atoms with Gasteiger partial charge in [0.15, 0.2) is 5.65 Å². The lowest BCUT2D eigenvalue weighted by molar-refractivity contribution is -0.138. The van der Waals surface area contributed by atoms with E-state index in [-0.39, 0.29) is 18.1 Å². The van der Waals surface area contributed by atoms with E-state index >= 15 is 0 Å². The second-order valence-corrected chi connectivity index (χ2v) is 4.49. The summed E-state index contributed by atoms with van der Waals surface area (Å²) in [5.74, 6) is -0.803. The number of hydrogen-bond donors (Lipinski definition) is 2. The summed E-state index contributed by atoms with van der Waals surface area (Å²) in [6.07, 6.45) is -1.73. The first-order valence-electron chi connectivity index (χ1n) is 6.19. The molecule has 3 aromatic rings. The molecule has 1 aromatic carbocycles. The molecular weight excluding hydrogens is 302 g/mol.